The van der Waals surface area contributed by atoms with Gasteiger partial charge in [0.05, 0.1) is 18.9 Å². The second kappa shape index (κ2) is 10.7. The number of halogens is 1. The lowest BCUT2D eigenvalue weighted by molar-refractivity contribution is -0.123. The Morgan fingerprint density at radius 1 is 1.03 bits per heavy atom. The largest absolute Gasteiger partial charge is 0.493 e. The summed E-state index contributed by atoms with van der Waals surface area (Å²) < 4.78 is 29.3. The summed E-state index contributed by atoms with van der Waals surface area (Å²) in [4.78, 5) is 24.1. The molecule has 3 aromatic rings. The highest BCUT2D eigenvalue weighted by atomic mass is 19.1. The monoisotopic (exact) mass is 436 g/mol. The molecule has 3 rings (SSSR count). The molecule has 0 radical (unpaired) electrons. The van der Waals surface area contributed by atoms with Gasteiger partial charge in [0, 0.05) is 0 Å². The van der Waals surface area contributed by atoms with E-state index in [1.807, 2.05) is 25.1 Å². The molecule has 164 valence electrons. The van der Waals surface area contributed by atoms with E-state index in [0.717, 1.165) is 11.6 Å². The van der Waals surface area contributed by atoms with Crippen LogP contribution >= 0.6 is 0 Å². The highest BCUT2D eigenvalue weighted by Crippen LogP contribution is 2.28. The third-order valence-electron chi connectivity index (χ3n) is 4.21. The van der Waals surface area contributed by atoms with Crippen molar-refractivity contribution >= 4 is 18.1 Å². The molecule has 0 saturated carbocycles. The van der Waals surface area contributed by atoms with Crippen molar-refractivity contribution in [2.75, 3.05) is 13.7 Å². The molecule has 0 fully saturated rings. The Hall–Kier alpha value is -4.20. The first-order valence-corrected chi connectivity index (χ1v) is 9.62. The fourth-order valence-corrected chi connectivity index (χ4v) is 2.69. The van der Waals surface area contributed by atoms with Crippen LogP contribution in [0, 0.1) is 12.7 Å². The van der Waals surface area contributed by atoms with Crippen molar-refractivity contribution in [3.05, 3.63) is 89.2 Å². The number of ether oxygens (including phenoxy) is 3. The fraction of sp³-hybridized carbons (Fsp3) is 0.125. The van der Waals surface area contributed by atoms with Crippen LogP contribution in [0.25, 0.3) is 0 Å². The number of aryl methyl sites for hydroxylation is 1. The second-order valence-corrected chi connectivity index (χ2v) is 6.71. The first kappa shape index (κ1) is 22.5. The topological polar surface area (TPSA) is 86.2 Å². The Kier molecular flexibility index (Phi) is 7.53. The van der Waals surface area contributed by atoms with Crippen LogP contribution in [0.5, 0.6) is 17.2 Å². The molecule has 32 heavy (non-hydrogen) atoms. The number of rotatable bonds is 8. The number of hydrogen-bond acceptors (Lipinski definition) is 6. The molecule has 0 aromatic heterocycles. The smallest absolute Gasteiger partial charge is 0.343 e. The van der Waals surface area contributed by atoms with Crippen molar-refractivity contribution in [3.63, 3.8) is 0 Å². The molecular formula is C24H21FN2O5. The van der Waals surface area contributed by atoms with Crippen LogP contribution in [0.15, 0.2) is 71.8 Å². The summed E-state index contributed by atoms with van der Waals surface area (Å²) in [5.41, 5.74) is 4.07. The predicted molar refractivity (Wildman–Crippen MR) is 117 cm³/mol. The number of esters is 1. The van der Waals surface area contributed by atoms with E-state index in [1.54, 1.807) is 18.2 Å². The zero-order chi connectivity index (χ0) is 22.9. The first-order chi connectivity index (χ1) is 15.4. The van der Waals surface area contributed by atoms with Gasteiger partial charge in [0.25, 0.3) is 5.91 Å². The Labute approximate surface area is 184 Å². The molecule has 0 bridgehead atoms. The van der Waals surface area contributed by atoms with Gasteiger partial charge in [0.1, 0.15) is 11.6 Å². The van der Waals surface area contributed by atoms with E-state index in [0.29, 0.717) is 11.3 Å². The molecule has 7 nitrogen and oxygen atoms in total. The summed E-state index contributed by atoms with van der Waals surface area (Å²) in [6.07, 6.45) is 1.41. The van der Waals surface area contributed by atoms with Crippen LogP contribution in [0.1, 0.15) is 21.5 Å². The fourth-order valence-electron chi connectivity index (χ4n) is 2.69. The van der Waals surface area contributed by atoms with Crippen LogP contribution in [-0.2, 0) is 4.79 Å². The van der Waals surface area contributed by atoms with Crippen molar-refractivity contribution in [2.24, 2.45) is 5.10 Å². The van der Waals surface area contributed by atoms with Crippen LogP contribution < -0.4 is 19.6 Å². The molecular weight excluding hydrogens is 415 g/mol. The zero-order valence-electron chi connectivity index (χ0n) is 17.5. The van der Waals surface area contributed by atoms with Crippen molar-refractivity contribution in [2.45, 2.75) is 6.92 Å². The Morgan fingerprint density at radius 3 is 2.59 bits per heavy atom. The molecule has 0 aliphatic carbocycles. The number of nitrogens with zero attached hydrogens (tertiary/aromatic N) is 1. The number of carbonyl (C=O) groups is 2. The molecule has 0 unspecified atom stereocenters. The number of benzene rings is 3. The molecule has 0 heterocycles. The summed E-state index contributed by atoms with van der Waals surface area (Å²) in [6.45, 7) is 1.75. The van der Waals surface area contributed by atoms with E-state index in [1.165, 1.54) is 37.6 Å². The van der Waals surface area contributed by atoms with Crippen molar-refractivity contribution in [3.8, 4) is 17.2 Å². The molecule has 1 N–H and O–H groups in total. The quantitative estimate of drug-likeness (QED) is 0.251. The third kappa shape index (κ3) is 6.40. The Balaban J connectivity index is 1.57. The second-order valence-electron chi connectivity index (χ2n) is 6.71. The van der Waals surface area contributed by atoms with Gasteiger partial charge in [0.15, 0.2) is 18.1 Å². The van der Waals surface area contributed by atoms with E-state index in [4.69, 9.17) is 14.2 Å². The van der Waals surface area contributed by atoms with Gasteiger partial charge in [-0.15, -0.1) is 0 Å². The Morgan fingerprint density at radius 2 is 1.84 bits per heavy atom. The molecule has 0 atom stereocenters. The van der Waals surface area contributed by atoms with Crippen LogP contribution in [0.3, 0.4) is 0 Å². The van der Waals surface area contributed by atoms with Gasteiger partial charge in [-0.2, -0.15) is 5.10 Å². The maximum absolute atomic E-state index is 13.3. The summed E-state index contributed by atoms with van der Waals surface area (Å²) in [5.74, 6) is -0.649. The molecule has 0 aliphatic heterocycles. The number of amides is 1. The van der Waals surface area contributed by atoms with Gasteiger partial charge in [-0.3, -0.25) is 4.79 Å². The number of hydrazone groups is 1. The molecule has 0 saturated heterocycles. The predicted octanol–water partition coefficient (Wildman–Crippen LogP) is 3.89. The number of methoxy groups -OCH3 is 1. The van der Waals surface area contributed by atoms with E-state index in [2.05, 4.69) is 10.5 Å². The Bertz CT molecular complexity index is 1150. The van der Waals surface area contributed by atoms with E-state index in [9.17, 15) is 14.0 Å². The van der Waals surface area contributed by atoms with Crippen molar-refractivity contribution in [1.82, 2.24) is 5.43 Å². The highest BCUT2D eigenvalue weighted by Gasteiger charge is 2.13. The van der Waals surface area contributed by atoms with Crippen LogP contribution in [0.4, 0.5) is 4.39 Å². The first-order valence-electron chi connectivity index (χ1n) is 9.62. The molecule has 0 aliphatic rings. The summed E-state index contributed by atoms with van der Waals surface area (Å²) >= 11 is 0. The lowest BCUT2D eigenvalue weighted by Crippen LogP contribution is -2.24. The van der Waals surface area contributed by atoms with Gasteiger partial charge in [0.2, 0.25) is 0 Å². The van der Waals surface area contributed by atoms with Gasteiger partial charge < -0.3 is 14.2 Å². The summed E-state index contributed by atoms with van der Waals surface area (Å²) in [5, 5.41) is 3.89. The molecule has 0 spiro atoms. The third-order valence-corrected chi connectivity index (χ3v) is 4.21. The maximum Gasteiger partial charge on any atom is 0.343 e. The number of carbonyl (C=O) groups excluding carboxylic acids is 2. The number of hydrogen-bond donors (Lipinski definition) is 1. The average molecular weight is 436 g/mol. The lowest BCUT2D eigenvalue weighted by Gasteiger charge is -2.10. The van der Waals surface area contributed by atoms with E-state index >= 15 is 0 Å². The van der Waals surface area contributed by atoms with E-state index in [-0.39, 0.29) is 23.7 Å². The summed E-state index contributed by atoms with van der Waals surface area (Å²) in [7, 11) is 1.42. The normalized spacial score (nSPS) is 10.6. The lowest BCUT2D eigenvalue weighted by atomic mass is 10.2. The molecule has 3 aromatic carbocycles. The zero-order valence-corrected chi connectivity index (χ0v) is 17.5. The minimum absolute atomic E-state index is 0.0771. The van der Waals surface area contributed by atoms with E-state index < -0.39 is 17.7 Å². The van der Waals surface area contributed by atoms with Crippen molar-refractivity contribution in [1.29, 1.82) is 0 Å². The van der Waals surface area contributed by atoms with Crippen LogP contribution in [0.2, 0.25) is 0 Å². The standard InChI is InChI=1S/C24H21FN2O5/c1-16-5-3-8-20(11-16)31-15-23(28)27-26-14-17-9-10-21(22(12-17)30-2)32-24(29)18-6-4-7-19(25)13-18/h3-14H,15H2,1-2H3,(H,27,28). The number of nitrogens with one attached hydrogen (secondary N) is 1. The van der Waals surface area contributed by atoms with Crippen molar-refractivity contribution < 1.29 is 28.2 Å². The average Bonchev–Trinajstić information content (AvgIpc) is 2.78. The van der Waals surface area contributed by atoms with Gasteiger partial charge in [-0.1, -0.05) is 18.2 Å². The van der Waals surface area contributed by atoms with Gasteiger partial charge in [-0.25, -0.2) is 14.6 Å². The minimum Gasteiger partial charge on any atom is -0.493 e. The SMILES string of the molecule is COc1cc(C=NNC(=O)COc2cccc(C)c2)ccc1OC(=O)c1cccc(F)c1. The van der Waals surface area contributed by atoms with Crippen LogP contribution in [-0.4, -0.2) is 31.8 Å². The summed E-state index contributed by atoms with van der Waals surface area (Å²) in [6, 6.07) is 17.3. The minimum atomic E-state index is -0.718. The van der Waals surface area contributed by atoms with Gasteiger partial charge >= 0.3 is 5.97 Å². The molecule has 1 amide bonds. The highest BCUT2D eigenvalue weighted by molar-refractivity contribution is 5.91. The maximum atomic E-state index is 13.3. The molecule has 8 heteroatoms. The van der Waals surface area contributed by atoms with Gasteiger partial charge in [-0.05, 0) is 66.6 Å².